The third kappa shape index (κ3) is 4.10. The smallest absolute Gasteiger partial charge is 0.192 e. The van der Waals surface area contributed by atoms with Gasteiger partial charge in [0, 0.05) is 39.1 Å². The molecule has 2 fully saturated rings. The summed E-state index contributed by atoms with van der Waals surface area (Å²) in [5.41, 5.74) is -4.18. The Hall–Kier alpha value is -2.32. The number of carbonyl (C=O) groups is 5. The van der Waals surface area contributed by atoms with Gasteiger partial charge in [0.25, 0.3) is 0 Å². The van der Waals surface area contributed by atoms with E-state index in [1.807, 2.05) is 0 Å². The van der Waals surface area contributed by atoms with Crippen molar-refractivity contribution < 1.29 is 33.3 Å². The van der Waals surface area contributed by atoms with Crippen LogP contribution in [0.5, 0.6) is 0 Å². The van der Waals surface area contributed by atoms with Gasteiger partial charge in [0.05, 0.1) is 12.3 Å². The van der Waals surface area contributed by atoms with E-state index in [1.54, 1.807) is 52.0 Å². The van der Waals surface area contributed by atoms with Crippen LogP contribution in [0.25, 0.3) is 0 Å². The van der Waals surface area contributed by atoms with Gasteiger partial charge in [-0.3, -0.25) is 28.2 Å². The van der Waals surface area contributed by atoms with E-state index < -0.39 is 74.5 Å². The van der Waals surface area contributed by atoms with E-state index in [0.29, 0.717) is 11.1 Å². The largest absolute Gasteiger partial charge is 0.374 e. The highest BCUT2D eigenvalue weighted by atomic mass is 32.2. The van der Waals surface area contributed by atoms with Crippen LogP contribution in [0.15, 0.2) is 35.5 Å². The zero-order chi connectivity index (χ0) is 28.2. The third-order valence-electron chi connectivity index (χ3n) is 9.94. The highest BCUT2D eigenvalue weighted by Crippen LogP contribution is 2.63. The van der Waals surface area contributed by atoms with Crippen molar-refractivity contribution in [3.63, 3.8) is 0 Å². The average molecular weight is 543 g/mol. The molecule has 8 heteroatoms. The lowest BCUT2D eigenvalue weighted by molar-refractivity contribution is -0.191. The number of allylic oxidation sites excluding steroid dienone is 4. The maximum Gasteiger partial charge on any atom is 0.192 e. The Morgan fingerprint density at radius 3 is 2.34 bits per heavy atom. The zero-order valence-electron chi connectivity index (χ0n) is 22.9. The minimum absolute atomic E-state index is 0.00364. The van der Waals surface area contributed by atoms with Gasteiger partial charge in [-0.25, -0.2) is 0 Å². The van der Waals surface area contributed by atoms with E-state index in [9.17, 15) is 33.3 Å². The molecule has 1 N–H and O–H groups in total. The minimum atomic E-state index is -2.61. The Morgan fingerprint density at radius 2 is 1.74 bits per heavy atom. The molecule has 0 aromatic heterocycles. The summed E-state index contributed by atoms with van der Waals surface area (Å²) in [5, 5.41) is 12.1. The van der Waals surface area contributed by atoms with E-state index in [2.05, 4.69) is 0 Å². The zero-order valence-corrected chi connectivity index (χ0v) is 23.7. The maximum atomic E-state index is 14.4. The van der Waals surface area contributed by atoms with Gasteiger partial charge in [-0.2, -0.15) is 0 Å². The van der Waals surface area contributed by atoms with Gasteiger partial charge in [0.1, 0.15) is 17.5 Å². The summed E-state index contributed by atoms with van der Waals surface area (Å²) in [5.74, 6) is -6.68. The Labute approximate surface area is 226 Å². The Bertz CT molecular complexity index is 1220. The molecular weight excluding hydrogens is 504 g/mol. The van der Waals surface area contributed by atoms with Crippen molar-refractivity contribution in [3.05, 3.63) is 35.5 Å². The molecule has 4 aliphatic rings. The number of hydrogen-bond donors (Lipinski definition) is 1. The molecule has 4 aliphatic carbocycles. The first-order valence-electron chi connectivity index (χ1n) is 13.5. The quantitative estimate of drug-likeness (QED) is 0.427. The second-order valence-corrected chi connectivity index (χ2v) is 13.7. The highest BCUT2D eigenvalue weighted by molar-refractivity contribution is 7.85. The molecule has 0 aromatic carbocycles. The molecule has 0 amide bonds. The molecule has 0 heterocycles. The molecule has 0 radical (unpaired) electrons. The van der Waals surface area contributed by atoms with Gasteiger partial charge < -0.3 is 5.11 Å². The summed E-state index contributed by atoms with van der Waals surface area (Å²) in [6.07, 6.45) is 10.0. The van der Waals surface area contributed by atoms with Gasteiger partial charge in [0.15, 0.2) is 23.0 Å². The first-order valence-corrected chi connectivity index (χ1v) is 14.9. The lowest BCUT2D eigenvalue weighted by Crippen LogP contribution is -2.74. The molecule has 0 saturated heterocycles. The monoisotopic (exact) mass is 542 g/mol. The molecule has 0 bridgehead atoms. The molecule has 4 rings (SSSR count). The fourth-order valence-electron chi connectivity index (χ4n) is 7.53. The lowest BCUT2D eigenvalue weighted by atomic mass is 9.41. The van der Waals surface area contributed by atoms with E-state index in [4.69, 9.17) is 0 Å². The first kappa shape index (κ1) is 28.7. The summed E-state index contributed by atoms with van der Waals surface area (Å²) in [6.45, 7) is 8.08. The van der Waals surface area contributed by atoms with Gasteiger partial charge in [-0.1, -0.05) is 69.1 Å². The molecule has 7 atom stereocenters. The third-order valence-corrected chi connectivity index (χ3v) is 11.8. The molecule has 0 aliphatic heterocycles. The Morgan fingerprint density at radius 1 is 1.11 bits per heavy atom. The average Bonchev–Trinajstić information content (AvgIpc) is 3.37. The fourth-order valence-corrected chi connectivity index (χ4v) is 9.34. The van der Waals surface area contributed by atoms with Crippen molar-refractivity contribution in [3.8, 4) is 0 Å². The molecule has 0 spiro atoms. The molecule has 3 unspecified atom stereocenters. The van der Waals surface area contributed by atoms with Crippen LogP contribution in [0.1, 0.15) is 73.1 Å². The topological polar surface area (TPSA) is 123 Å². The standard InChI is InChI=1S/C30H38O7S/c1-17-15-28(4)19(3)29(5)20(16-38(37)22-12-8-9-13-22)10-6-7-11-21(32)14-23(33)25(29)27(35)30(28,36)26(34)24(17)18(2)31/h6-7,10,15,19,22,24-25,36H,8-9,11-14,16H2,1-5H3/t19-,24?,25?,28-,29-,30-,38?/m0/s1. The maximum absolute atomic E-state index is 14.4. The van der Waals surface area contributed by atoms with Crippen molar-refractivity contribution in [2.75, 3.05) is 5.75 Å². The number of carbonyl (C=O) groups excluding carboxylic acids is 5. The van der Waals surface area contributed by atoms with Crippen LogP contribution in [0.4, 0.5) is 0 Å². The highest BCUT2D eigenvalue weighted by Gasteiger charge is 2.73. The number of ketones is 5. The van der Waals surface area contributed by atoms with Crippen molar-refractivity contribution in [1.82, 2.24) is 0 Å². The van der Waals surface area contributed by atoms with Crippen LogP contribution in [-0.2, 0) is 34.8 Å². The molecule has 0 aromatic rings. The number of rotatable bonds is 4. The SMILES string of the molecule is CC(=O)C1C(=O)[C@]2(O)C(=O)C3C(=O)CC(=O)CC=CC=C(CS(=O)C4CCCC4)[C@]3(C)[C@@H](C)[C@]2(C)C=C1C. The Kier molecular flexibility index (Phi) is 7.56. The summed E-state index contributed by atoms with van der Waals surface area (Å²) >= 11 is 0. The molecular formula is C30H38O7S. The van der Waals surface area contributed by atoms with Crippen molar-refractivity contribution in [2.24, 2.45) is 28.6 Å². The van der Waals surface area contributed by atoms with Crippen molar-refractivity contribution in [1.29, 1.82) is 0 Å². The molecule has 2 saturated carbocycles. The van der Waals surface area contributed by atoms with Gasteiger partial charge in [-0.05, 0) is 32.6 Å². The van der Waals surface area contributed by atoms with Crippen molar-refractivity contribution in [2.45, 2.75) is 84.0 Å². The molecule has 38 heavy (non-hydrogen) atoms. The first-order chi connectivity index (χ1) is 17.7. The normalized spacial score (nSPS) is 39.3. The van der Waals surface area contributed by atoms with Crippen LogP contribution >= 0.6 is 0 Å². The van der Waals surface area contributed by atoms with Gasteiger partial charge >= 0.3 is 0 Å². The summed E-state index contributed by atoms with van der Waals surface area (Å²) in [7, 11) is -1.24. The summed E-state index contributed by atoms with van der Waals surface area (Å²) in [4.78, 5) is 66.9. The number of hydrogen-bond acceptors (Lipinski definition) is 7. The number of fused-ring (bicyclic) bond motifs is 2. The number of Topliss-reactive ketones (excluding diaryl/α,β-unsaturated/α-hetero) is 5. The summed E-state index contributed by atoms with van der Waals surface area (Å²) in [6, 6.07) is 0. The summed E-state index contributed by atoms with van der Waals surface area (Å²) < 4.78 is 13.5. The van der Waals surface area contributed by atoms with E-state index in [-0.39, 0.29) is 23.2 Å². The van der Waals surface area contributed by atoms with Gasteiger partial charge in [0.2, 0.25) is 0 Å². The second-order valence-electron chi connectivity index (χ2n) is 12.0. The molecule has 7 nitrogen and oxygen atoms in total. The molecule has 206 valence electrons. The minimum Gasteiger partial charge on any atom is -0.374 e. The number of aliphatic hydroxyl groups is 1. The second kappa shape index (κ2) is 10.0. The lowest BCUT2D eigenvalue weighted by Gasteiger charge is -2.61. The van der Waals surface area contributed by atoms with Crippen molar-refractivity contribution >= 4 is 39.7 Å². The van der Waals surface area contributed by atoms with E-state index in [1.165, 1.54) is 6.92 Å². The van der Waals surface area contributed by atoms with E-state index in [0.717, 1.165) is 25.7 Å². The van der Waals surface area contributed by atoms with Crippen LogP contribution in [0.3, 0.4) is 0 Å². The fraction of sp³-hybridized carbons (Fsp3) is 0.633. The van der Waals surface area contributed by atoms with E-state index >= 15 is 0 Å². The van der Waals surface area contributed by atoms with Crippen LogP contribution in [-0.4, -0.2) is 54.8 Å². The Balaban J connectivity index is 1.96. The van der Waals surface area contributed by atoms with Crippen LogP contribution in [0.2, 0.25) is 0 Å². The predicted molar refractivity (Wildman–Crippen MR) is 143 cm³/mol. The van der Waals surface area contributed by atoms with Crippen LogP contribution < -0.4 is 0 Å². The predicted octanol–water partition coefficient (Wildman–Crippen LogP) is 3.41. The van der Waals surface area contributed by atoms with Gasteiger partial charge in [-0.15, -0.1) is 0 Å². The van der Waals surface area contributed by atoms with Crippen LogP contribution in [0, 0.1) is 28.6 Å².